The minimum atomic E-state index is 0.216. The zero-order valence-electron chi connectivity index (χ0n) is 9.19. The lowest BCUT2D eigenvalue weighted by atomic mass is 9.95. The van der Waals surface area contributed by atoms with Gasteiger partial charge in [-0.15, -0.1) is 0 Å². The van der Waals surface area contributed by atoms with E-state index in [-0.39, 0.29) is 4.87 Å². The van der Waals surface area contributed by atoms with Gasteiger partial charge >= 0.3 is 4.87 Å². The molecule has 0 amide bonds. The highest BCUT2D eigenvalue weighted by molar-refractivity contribution is 7.16. The van der Waals surface area contributed by atoms with E-state index in [0.717, 1.165) is 10.2 Å². The minimum Gasteiger partial charge on any atom is -0.296 e. The summed E-state index contributed by atoms with van der Waals surface area (Å²) in [5.74, 6) is 0. The second kappa shape index (κ2) is 4.06. The smallest absolute Gasteiger partial charge is 0.296 e. The van der Waals surface area contributed by atoms with Gasteiger partial charge < -0.3 is 0 Å². The molecule has 1 aliphatic carbocycles. The van der Waals surface area contributed by atoms with Crippen LogP contribution >= 0.6 is 11.3 Å². The van der Waals surface area contributed by atoms with Gasteiger partial charge in [0.2, 0.25) is 0 Å². The van der Waals surface area contributed by atoms with E-state index in [2.05, 4.69) is 6.07 Å². The standard InChI is InChI=1S/C13H15NOS/c15-13-14(10-6-2-1-3-7-10)11-8-4-5-9-12(11)16-13/h4-5,8-10H,1-3,6-7H2. The molecule has 1 heterocycles. The monoisotopic (exact) mass is 233 g/mol. The highest BCUT2D eigenvalue weighted by atomic mass is 32.1. The molecule has 16 heavy (non-hydrogen) atoms. The van der Waals surface area contributed by atoms with Crippen molar-refractivity contribution in [3.05, 3.63) is 33.9 Å². The molecule has 0 atom stereocenters. The normalized spacial score (nSPS) is 18.0. The van der Waals surface area contributed by atoms with Crippen molar-refractivity contribution in [1.82, 2.24) is 4.57 Å². The lowest BCUT2D eigenvalue weighted by Gasteiger charge is -2.22. The molecule has 0 bridgehead atoms. The lowest BCUT2D eigenvalue weighted by Crippen LogP contribution is -2.21. The molecule has 0 spiro atoms. The summed E-state index contributed by atoms with van der Waals surface area (Å²) < 4.78 is 3.15. The van der Waals surface area contributed by atoms with Crippen LogP contribution in [0.3, 0.4) is 0 Å². The number of aromatic nitrogens is 1. The molecular weight excluding hydrogens is 218 g/mol. The zero-order chi connectivity index (χ0) is 11.0. The van der Waals surface area contributed by atoms with Gasteiger partial charge in [0.1, 0.15) is 0 Å². The van der Waals surface area contributed by atoms with Crippen molar-refractivity contribution < 1.29 is 0 Å². The molecule has 3 heteroatoms. The van der Waals surface area contributed by atoms with E-state index in [1.54, 1.807) is 0 Å². The second-order valence-corrected chi connectivity index (χ2v) is 5.49. The summed E-state index contributed by atoms with van der Waals surface area (Å²) in [5.41, 5.74) is 1.13. The van der Waals surface area contributed by atoms with Gasteiger partial charge in [-0.2, -0.15) is 0 Å². The maximum Gasteiger partial charge on any atom is 0.308 e. The van der Waals surface area contributed by atoms with Crippen molar-refractivity contribution >= 4 is 21.6 Å². The quantitative estimate of drug-likeness (QED) is 0.738. The Balaban J connectivity index is 2.14. The number of thiazole rings is 1. The molecule has 1 aromatic carbocycles. The topological polar surface area (TPSA) is 22.0 Å². The van der Waals surface area contributed by atoms with E-state index in [1.165, 1.54) is 43.4 Å². The average Bonchev–Trinajstić information content (AvgIpc) is 2.66. The molecule has 0 unspecified atom stereocenters. The summed E-state index contributed by atoms with van der Waals surface area (Å²) >= 11 is 1.38. The molecule has 1 aromatic heterocycles. The van der Waals surface area contributed by atoms with Crippen LogP contribution in [0.15, 0.2) is 29.1 Å². The summed E-state index contributed by atoms with van der Waals surface area (Å²) in [7, 11) is 0. The highest BCUT2D eigenvalue weighted by Crippen LogP contribution is 2.30. The Morgan fingerprint density at radius 2 is 1.88 bits per heavy atom. The molecule has 0 N–H and O–H groups in total. The first-order valence-electron chi connectivity index (χ1n) is 5.96. The maximum atomic E-state index is 12.0. The number of fused-ring (bicyclic) bond motifs is 1. The second-order valence-electron chi connectivity index (χ2n) is 4.50. The maximum absolute atomic E-state index is 12.0. The summed E-state index contributed by atoms with van der Waals surface area (Å²) in [5, 5.41) is 0. The minimum absolute atomic E-state index is 0.216. The third-order valence-electron chi connectivity index (χ3n) is 3.46. The summed E-state index contributed by atoms with van der Waals surface area (Å²) in [6, 6.07) is 8.58. The summed E-state index contributed by atoms with van der Waals surface area (Å²) in [6.45, 7) is 0. The molecule has 1 fully saturated rings. The van der Waals surface area contributed by atoms with E-state index >= 15 is 0 Å². The summed E-state index contributed by atoms with van der Waals surface area (Å²) in [6.07, 6.45) is 6.19. The molecule has 2 aromatic rings. The predicted octanol–water partition coefficient (Wildman–Crippen LogP) is 3.57. The van der Waals surface area contributed by atoms with Gasteiger partial charge in [0.15, 0.2) is 0 Å². The Labute approximate surface area is 98.5 Å². The fourth-order valence-electron chi connectivity index (χ4n) is 2.67. The van der Waals surface area contributed by atoms with Gasteiger partial charge in [-0.1, -0.05) is 42.7 Å². The van der Waals surface area contributed by atoms with Crippen molar-refractivity contribution in [2.75, 3.05) is 0 Å². The van der Waals surface area contributed by atoms with Gasteiger partial charge in [0, 0.05) is 6.04 Å². The number of nitrogens with zero attached hydrogens (tertiary/aromatic N) is 1. The van der Waals surface area contributed by atoms with Crippen LogP contribution in [-0.2, 0) is 0 Å². The molecule has 3 rings (SSSR count). The van der Waals surface area contributed by atoms with E-state index in [9.17, 15) is 4.79 Å². The van der Waals surface area contributed by atoms with Gasteiger partial charge in [0.05, 0.1) is 10.2 Å². The number of rotatable bonds is 1. The molecule has 0 saturated heterocycles. The van der Waals surface area contributed by atoms with Gasteiger partial charge in [-0.3, -0.25) is 9.36 Å². The molecule has 1 aliphatic rings. The van der Waals surface area contributed by atoms with Crippen molar-refractivity contribution in [1.29, 1.82) is 0 Å². The van der Waals surface area contributed by atoms with Gasteiger partial charge in [-0.25, -0.2) is 0 Å². The van der Waals surface area contributed by atoms with Crippen LogP contribution in [0.4, 0.5) is 0 Å². The van der Waals surface area contributed by atoms with E-state index < -0.39 is 0 Å². The lowest BCUT2D eigenvalue weighted by molar-refractivity contribution is 0.357. The third kappa shape index (κ3) is 1.59. The van der Waals surface area contributed by atoms with Crippen LogP contribution in [0, 0.1) is 0 Å². The largest absolute Gasteiger partial charge is 0.308 e. The molecule has 2 nitrogen and oxygen atoms in total. The Morgan fingerprint density at radius 3 is 2.69 bits per heavy atom. The number of hydrogen-bond acceptors (Lipinski definition) is 2. The number of para-hydroxylation sites is 1. The molecule has 84 valence electrons. The first kappa shape index (κ1) is 10.1. The predicted molar refractivity (Wildman–Crippen MR) is 68.2 cm³/mol. The Hall–Kier alpha value is -1.09. The molecule has 0 aliphatic heterocycles. The highest BCUT2D eigenvalue weighted by Gasteiger charge is 2.19. The van der Waals surface area contributed by atoms with Gasteiger partial charge in [-0.05, 0) is 25.0 Å². The Kier molecular flexibility index (Phi) is 2.56. The molecule has 1 saturated carbocycles. The zero-order valence-corrected chi connectivity index (χ0v) is 10.0. The molecule has 0 radical (unpaired) electrons. The van der Waals surface area contributed by atoms with Crippen LogP contribution in [0.25, 0.3) is 10.2 Å². The van der Waals surface area contributed by atoms with E-state index in [0.29, 0.717) is 6.04 Å². The number of benzene rings is 1. The fourth-order valence-corrected chi connectivity index (χ4v) is 3.62. The van der Waals surface area contributed by atoms with Crippen LogP contribution in [0.1, 0.15) is 38.1 Å². The van der Waals surface area contributed by atoms with Crippen molar-refractivity contribution in [2.24, 2.45) is 0 Å². The van der Waals surface area contributed by atoms with E-state index in [4.69, 9.17) is 0 Å². The SMILES string of the molecule is O=c1sc2ccccc2n1C1CCCCC1. The first-order valence-corrected chi connectivity index (χ1v) is 6.78. The van der Waals surface area contributed by atoms with Crippen LogP contribution in [0.5, 0.6) is 0 Å². The van der Waals surface area contributed by atoms with Crippen LogP contribution < -0.4 is 4.87 Å². The third-order valence-corrected chi connectivity index (χ3v) is 4.40. The van der Waals surface area contributed by atoms with Crippen molar-refractivity contribution in [3.8, 4) is 0 Å². The number of hydrogen-bond donors (Lipinski definition) is 0. The van der Waals surface area contributed by atoms with Gasteiger partial charge in [0.25, 0.3) is 0 Å². The summed E-state index contributed by atoms with van der Waals surface area (Å²) in [4.78, 5) is 12.2. The van der Waals surface area contributed by atoms with Crippen molar-refractivity contribution in [2.45, 2.75) is 38.1 Å². The fraction of sp³-hybridized carbons (Fsp3) is 0.462. The Morgan fingerprint density at radius 1 is 1.12 bits per heavy atom. The average molecular weight is 233 g/mol. The first-order chi connectivity index (χ1) is 7.86. The molecular formula is C13H15NOS. The Bertz CT molecular complexity index is 548. The van der Waals surface area contributed by atoms with Crippen molar-refractivity contribution in [3.63, 3.8) is 0 Å². The van der Waals surface area contributed by atoms with Crippen LogP contribution in [-0.4, -0.2) is 4.57 Å². The van der Waals surface area contributed by atoms with E-state index in [1.807, 2.05) is 22.8 Å². The van der Waals surface area contributed by atoms with Crippen LogP contribution in [0.2, 0.25) is 0 Å².